The van der Waals surface area contributed by atoms with E-state index in [4.69, 9.17) is 0 Å². The van der Waals surface area contributed by atoms with Crippen molar-refractivity contribution >= 4 is 21.4 Å². The lowest BCUT2D eigenvalue weighted by Gasteiger charge is -2.21. The molecule has 0 spiro atoms. The van der Waals surface area contributed by atoms with Crippen LogP contribution in [-0.2, 0) is 16.6 Å². The molecule has 3 nitrogen and oxygen atoms in total. The van der Waals surface area contributed by atoms with Crippen molar-refractivity contribution < 1.29 is 12.8 Å². The Labute approximate surface area is 128 Å². The molecule has 0 unspecified atom stereocenters. The minimum atomic E-state index is -3.58. The van der Waals surface area contributed by atoms with Crippen molar-refractivity contribution in [3.05, 3.63) is 52.0 Å². The van der Waals surface area contributed by atoms with Gasteiger partial charge in [0.15, 0.2) is 0 Å². The van der Waals surface area contributed by atoms with E-state index in [1.54, 1.807) is 22.6 Å². The Hall–Kier alpha value is -1.24. The zero-order valence-electron chi connectivity index (χ0n) is 11.6. The Kier molecular flexibility index (Phi) is 3.86. The maximum absolute atomic E-state index is 13.4. The van der Waals surface area contributed by atoms with Gasteiger partial charge in [-0.1, -0.05) is 0 Å². The molecule has 21 heavy (non-hydrogen) atoms. The van der Waals surface area contributed by atoms with Crippen LogP contribution in [0.1, 0.15) is 24.0 Å². The summed E-state index contributed by atoms with van der Waals surface area (Å²) >= 11 is 1.55. The van der Waals surface area contributed by atoms with Crippen LogP contribution in [0.2, 0.25) is 0 Å². The molecule has 2 aromatic rings. The van der Waals surface area contributed by atoms with E-state index in [1.165, 1.54) is 18.2 Å². The number of rotatable bonds is 5. The van der Waals surface area contributed by atoms with Gasteiger partial charge in [-0.15, -0.1) is 0 Å². The Morgan fingerprint density at radius 1 is 1.33 bits per heavy atom. The summed E-state index contributed by atoms with van der Waals surface area (Å²) in [6, 6.07) is 5.98. The average molecular weight is 325 g/mol. The molecule has 112 valence electrons. The van der Waals surface area contributed by atoms with Crippen LogP contribution in [0.25, 0.3) is 0 Å². The molecule has 1 fully saturated rings. The summed E-state index contributed by atoms with van der Waals surface area (Å²) in [7, 11) is -3.58. The van der Waals surface area contributed by atoms with Crippen LogP contribution < -0.4 is 0 Å². The SMILES string of the molecule is Cc1cc(S(=O)(=O)N(Cc2ccsc2)C2CC2)ccc1F. The second-order valence-electron chi connectivity index (χ2n) is 5.32. The van der Waals surface area contributed by atoms with Gasteiger partial charge in [0.05, 0.1) is 4.90 Å². The molecule has 6 heteroatoms. The number of halogens is 1. The fraction of sp³-hybridized carbons (Fsp3) is 0.333. The monoisotopic (exact) mass is 325 g/mol. The molecule has 1 aromatic heterocycles. The van der Waals surface area contributed by atoms with Crippen LogP contribution in [0.15, 0.2) is 39.9 Å². The van der Waals surface area contributed by atoms with E-state index in [0.29, 0.717) is 12.1 Å². The van der Waals surface area contributed by atoms with Gasteiger partial charge in [0.2, 0.25) is 10.0 Å². The van der Waals surface area contributed by atoms with Gasteiger partial charge in [-0.25, -0.2) is 12.8 Å². The molecular weight excluding hydrogens is 309 g/mol. The van der Waals surface area contributed by atoms with Crippen molar-refractivity contribution in [3.8, 4) is 0 Å². The third-order valence-corrected chi connectivity index (χ3v) is 6.24. The summed E-state index contributed by atoms with van der Waals surface area (Å²) < 4.78 is 40.5. The van der Waals surface area contributed by atoms with Crippen LogP contribution in [0, 0.1) is 12.7 Å². The number of aryl methyl sites for hydroxylation is 1. The average Bonchev–Trinajstić information content (AvgIpc) is 3.15. The smallest absolute Gasteiger partial charge is 0.207 e. The van der Waals surface area contributed by atoms with E-state index in [1.807, 2.05) is 16.8 Å². The van der Waals surface area contributed by atoms with Gasteiger partial charge in [0.1, 0.15) is 5.82 Å². The van der Waals surface area contributed by atoms with Gasteiger partial charge >= 0.3 is 0 Å². The molecule has 0 atom stereocenters. The molecule has 3 rings (SSSR count). The molecule has 0 bridgehead atoms. The minimum absolute atomic E-state index is 0.0697. The second kappa shape index (κ2) is 5.51. The fourth-order valence-corrected chi connectivity index (χ4v) is 4.67. The lowest BCUT2D eigenvalue weighted by molar-refractivity contribution is 0.399. The number of thiophene rings is 1. The van der Waals surface area contributed by atoms with E-state index in [0.717, 1.165) is 18.4 Å². The number of hydrogen-bond donors (Lipinski definition) is 0. The molecule has 0 saturated heterocycles. The molecule has 1 aliphatic carbocycles. The summed E-state index contributed by atoms with van der Waals surface area (Å²) in [5, 5.41) is 3.90. The topological polar surface area (TPSA) is 37.4 Å². The van der Waals surface area contributed by atoms with Crippen LogP contribution in [0.3, 0.4) is 0 Å². The van der Waals surface area contributed by atoms with Crippen molar-refractivity contribution in [1.29, 1.82) is 0 Å². The van der Waals surface area contributed by atoms with Crippen molar-refractivity contribution in [2.45, 2.75) is 37.2 Å². The summed E-state index contributed by atoms with van der Waals surface area (Å²) in [5.74, 6) is -0.384. The van der Waals surface area contributed by atoms with Crippen LogP contribution in [-0.4, -0.2) is 18.8 Å². The number of nitrogens with zero attached hydrogens (tertiary/aromatic N) is 1. The maximum Gasteiger partial charge on any atom is 0.243 e. The minimum Gasteiger partial charge on any atom is -0.207 e. The lowest BCUT2D eigenvalue weighted by atomic mass is 10.2. The van der Waals surface area contributed by atoms with Crippen molar-refractivity contribution in [2.24, 2.45) is 0 Å². The normalized spacial score (nSPS) is 15.6. The van der Waals surface area contributed by atoms with Crippen LogP contribution in [0.5, 0.6) is 0 Å². The number of benzene rings is 1. The first-order valence-electron chi connectivity index (χ1n) is 6.77. The molecule has 0 aliphatic heterocycles. The Bertz CT molecular complexity index is 737. The second-order valence-corrected chi connectivity index (χ2v) is 7.99. The standard InChI is InChI=1S/C15H16FNO2S2/c1-11-8-14(4-5-15(11)16)21(18,19)17(13-2-3-13)9-12-6-7-20-10-12/h4-8,10,13H,2-3,9H2,1H3. The third kappa shape index (κ3) is 3.02. The Balaban J connectivity index is 1.95. The van der Waals surface area contributed by atoms with Crippen molar-refractivity contribution in [2.75, 3.05) is 0 Å². The van der Waals surface area contributed by atoms with Gasteiger partial charge in [-0.05, 0) is 65.9 Å². The molecule has 0 N–H and O–H groups in total. The van der Waals surface area contributed by atoms with Gasteiger partial charge in [-0.3, -0.25) is 0 Å². The molecule has 0 amide bonds. The van der Waals surface area contributed by atoms with Crippen LogP contribution >= 0.6 is 11.3 Å². The zero-order chi connectivity index (χ0) is 15.0. The predicted molar refractivity (Wildman–Crippen MR) is 81.2 cm³/mol. The van der Waals surface area contributed by atoms with E-state index in [9.17, 15) is 12.8 Å². The molecule has 1 saturated carbocycles. The predicted octanol–water partition coefficient (Wildman–Crippen LogP) is 3.55. The molecular formula is C15H16FNO2S2. The number of sulfonamides is 1. The lowest BCUT2D eigenvalue weighted by Crippen LogP contribution is -2.32. The Morgan fingerprint density at radius 2 is 2.10 bits per heavy atom. The zero-order valence-corrected chi connectivity index (χ0v) is 13.3. The summed E-state index contributed by atoms with van der Waals surface area (Å²) in [6.45, 7) is 1.96. The van der Waals surface area contributed by atoms with Gasteiger partial charge in [0.25, 0.3) is 0 Å². The van der Waals surface area contributed by atoms with E-state index >= 15 is 0 Å². The van der Waals surface area contributed by atoms with Crippen molar-refractivity contribution in [3.63, 3.8) is 0 Å². The highest BCUT2D eigenvalue weighted by Gasteiger charge is 2.38. The first-order chi connectivity index (χ1) is 9.98. The first kappa shape index (κ1) is 14.7. The quantitative estimate of drug-likeness (QED) is 0.843. The van der Waals surface area contributed by atoms with E-state index < -0.39 is 10.0 Å². The molecule has 1 aliphatic rings. The summed E-state index contributed by atoms with van der Waals surface area (Å²) in [4.78, 5) is 0.170. The van der Waals surface area contributed by atoms with Gasteiger partial charge in [0, 0.05) is 12.6 Å². The highest BCUT2D eigenvalue weighted by atomic mass is 32.2. The highest BCUT2D eigenvalue weighted by Crippen LogP contribution is 2.34. The highest BCUT2D eigenvalue weighted by molar-refractivity contribution is 7.89. The van der Waals surface area contributed by atoms with Gasteiger partial charge in [-0.2, -0.15) is 15.6 Å². The Morgan fingerprint density at radius 3 is 2.67 bits per heavy atom. The fourth-order valence-electron chi connectivity index (χ4n) is 2.25. The summed E-state index contributed by atoms with van der Waals surface area (Å²) in [5.41, 5.74) is 1.34. The van der Waals surface area contributed by atoms with Crippen molar-refractivity contribution in [1.82, 2.24) is 4.31 Å². The maximum atomic E-state index is 13.4. The van der Waals surface area contributed by atoms with E-state index in [2.05, 4.69) is 0 Å². The third-order valence-electron chi connectivity index (χ3n) is 3.61. The molecule has 0 radical (unpaired) electrons. The van der Waals surface area contributed by atoms with Crippen LogP contribution in [0.4, 0.5) is 4.39 Å². The summed E-state index contributed by atoms with van der Waals surface area (Å²) in [6.07, 6.45) is 1.78. The van der Waals surface area contributed by atoms with E-state index in [-0.39, 0.29) is 16.8 Å². The number of hydrogen-bond acceptors (Lipinski definition) is 3. The first-order valence-corrected chi connectivity index (χ1v) is 9.16. The largest absolute Gasteiger partial charge is 0.243 e. The van der Waals surface area contributed by atoms with Gasteiger partial charge < -0.3 is 0 Å². The molecule has 1 aromatic carbocycles. The molecule has 1 heterocycles.